The van der Waals surface area contributed by atoms with Gasteiger partial charge in [0.05, 0.1) is 31.0 Å². The van der Waals surface area contributed by atoms with Gasteiger partial charge < -0.3 is 44.8 Å². The van der Waals surface area contributed by atoms with Crippen LogP contribution in [0.4, 0.5) is 0 Å². The molecule has 2 fully saturated rings. The van der Waals surface area contributed by atoms with Gasteiger partial charge in [-0.3, -0.25) is 4.79 Å². The number of hydrogen-bond acceptors (Lipinski definition) is 10. The van der Waals surface area contributed by atoms with Crippen molar-refractivity contribution in [1.82, 2.24) is 0 Å². The second-order valence-electron chi connectivity index (χ2n) is 8.06. The average Bonchev–Trinajstić information content (AvgIpc) is 2.76. The second kappa shape index (κ2) is 10.3. The van der Waals surface area contributed by atoms with E-state index < -0.39 is 61.5 Å². The number of aliphatic hydroxyl groups excluding tert-OH is 6. The normalized spacial score (nSPS) is 38.6. The van der Waals surface area contributed by atoms with Crippen LogP contribution in [-0.2, 0) is 14.3 Å². The third-order valence-electron chi connectivity index (χ3n) is 5.78. The van der Waals surface area contributed by atoms with Crippen LogP contribution >= 0.6 is 0 Å². The van der Waals surface area contributed by atoms with E-state index in [-0.39, 0.29) is 25.2 Å². The molecule has 2 aliphatic rings. The lowest BCUT2D eigenvalue weighted by Gasteiger charge is -2.39. The van der Waals surface area contributed by atoms with Crippen LogP contribution in [0.5, 0.6) is 5.75 Å². The fourth-order valence-corrected chi connectivity index (χ4v) is 3.93. The Kier molecular flexibility index (Phi) is 8.00. The molecule has 10 nitrogen and oxygen atoms in total. The standard InChI is InChI=1S/C21H30O10/c1-10-18(25)21(28)20(27)16(30-10)6-11(23)9-29-14-5-3-2-4-12(14)15-7-13(24)19(26)17(8-22)31-15/h2-5,10,13,15-22,24-28H,6-9H2,1H3/t10-,13+,15?,16-,17+,18+,19-,20?,21+/m0/s1. The van der Waals surface area contributed by atoms with Crippen molar-refractivity contribution in [1.29, 1.82) is 0 Å². The molecule has 31 heavy (non-hydrogen) atoms. The van der Waals surface area contributed by atoms with E-state index in [1.807, 2.05) is 0 Å². The first-order valence-electron chi connectivity index (χ1n) is 10.3. The van der Waals surface area contributed by atoms with Crippen LogP contribution in [-0.4, -0.2) is 98.5 Å². The van der Waals surface area contributed by atoms with Crippen molar-refractivity contribution in [2.45, 2.75) is 74.7 Å². The molecule has 174 valence electrons. The first-order valence-corrected chi connectivity index (χ1v) is 10.3. The van der Waals surface area contributed by atoms with Crippen LogP contribution in [0.2, 0.25) is 0 Å². The third-order valence-corrected chi connectivity index (χ3v) is 5.78. The molecule has 9 atom stereocenters. The van der Waals surface area contributed by atoms with Gasteiger partial charge in [0.15, 0.2) is 5.78 Å². The van der Waals surface area contributed by atoms with E-state index in [2.05, 4.69) is 0 Å². The number of ether oxygens (including phenoxy) is 3. The summed E-state index contributed by atoms with van der Waals surface area (Å²) < 4.78 is 16.8. The summed E-state index contributed by atoms with van der Waals surface area (Å²) in [6.45, 7) is 0.746. The van der Waals surface area contributed by atoms with E-state index in [0.717, 1.165) is 0 Å². The highest BCUT2D eigenvalue weighted by atomic mass is 16.5. The van der Waals surface area contributed by atoms with E-state index in [9.17, 15) is 35.4 Å². The molecule has 0 spiro atoms. The van der Waals surface area contributed by atoms with Crippen molar-refractivity contribution in [3.8, 4) is 5.75 Å². The van der Waals surface area contributed by atoms with Crippen molar-refractivity contribution in [2.75, 3.05) is 13.2 Å². The molecule has 0 aliphatic carbocycles. The third kappa shape index (κ3) is 5.41. The van der Waals surface area contributed by atoms with Crippen molar-refractivity contribution in [3.63, 3.8) is 0 Å². The predicted octanol–water partition coefficient (Wildman–Crippen LogP) is -1.56. The van der Waals surface area contributed by atoms with Crippen LogP contribution in [0.3, 0.4) is 0 Å². The Balaban J connectivity index is 1.62. The Labute approximate surface area is 179 Å². The molecule has 0 radical (unpaired) electrons. The monoisotopic (exact) mass is 442 g/mol. The van der Waals surface area contributed by atoms with E-state index in [1.165, 1.54) is 0 Å². The quantitative estimate of drug-likeness (QED) is 0.291. The predicted molar refractivity (Wildman–Crippen MR) is 105 cm³/mol. The molecule has 3 rings (SSSR count). The molecular weight excluding hydrogens is 412 g/mol. The van der Waals surface area contributed by atoms with Crippen LogP contribution in [0.15, 0.2) is 24.3 Å². The molecule has 1 aromatic carbocycles. The van der Waals surface area contributed by atoms with E-state index in [1.54, 1.807) is 31.2 Å². The van der Waals surface area contributed by atoms with Gasteiger partial charge in [0.1, 0.15) is 42.9 Å². The highest BCUT2D eigenvalue weighted by molar-refractivity contribution is 5.80. The van der Waals surface area contributed by atoms with Crippen LogP contribution in [0, 0.1) is 0 Å². The number of rotatable bonds is 7. The van der Waals surface area contributed by atoms with Crippen molar-refractivity contribution < 1.29 is 49.6 Å². The summed E-state index contributed by atoms with van der Waals surface area (Å²) in [5, 5.41) is 59.0. The first-order chi connectivity index (χ1) is 14.7. The number of benzene rings is 1. The summed E-state index contributed by atoms with van der Waals surface area (Å²) in [6.07, 6.45) is -9.76. The fraction of sp³-hybridized carbons (Fsp3) is 0.667. The highest BCUT2D eigenvalue weighted by Gasteiger charge is 2.42. The Morgan fingerprint density at radius 3 is 2.42 bits per heavy atom. The van der Waals surface area contributed by atoms with Gasteiger partial charge in [0, 0.05) is 18.4 Å². The maximum atomic E-state index is 12.4. The molecule has 0 bridgehead atoms. The smallest absolute Gasteiger partial charge is 0.172 e. The SMILES string of the molecule is C[C@@H]1O[C@@H](CC(=O)COc2ccccc2C2C[C@@H](O)[C@H](O)[C@@H](CO)O2)C(O)[C@H](O)[C@@H]1O. The molecule has 0 saturated carbocycles. The lowest BCUT2D eigenvalue weighted by molar-refractivity contribution is -0.217. The highest BCUT2D eigenvalue weighted by Crippen LogP contribution is 2.36. The zero-order chi connectivity index (χ0) is 22.7. The minimum atomic E-state index is -1.41. The van der Waals surface area contributed by atoms with Crippen molar-refractivity contribution >= 4 is 5.78 Å². The van der Waals surface area contributed by atoms with Gasteiger partial charge in [-0.1, -0.05) is 18.2 Å². The number of para-hydroxylation sites is 1. The molecule has 6 N–H and O–H groups in total. The lowest BCUT2D eigenvalue weighted by Crippen LogP contribution is -2.57. The Hall–Kier alpha value is -1.63. The number of carbonyl (C=O) groups excluding carboxylic acids is 1. The Morgan fingerprint density at radius 1 is 1.00 bits per heavy atom. The van der Waals surface area contributed by atoms with Crippen molar-refractivity contribution in [2.24, 2.45) is 0 Å². The summed E-state index contributed by atoms with van der Waals surface area (Å²) in [7, 11) is 0. The number of ketones is 1. The zero-order valence-electron chi connectivity index (χ0n) is 17.2. The van der Waals surface area contributed by atoms with Gasteiger partial charge in [-0.2, -0.15) is 0 Å². The molecule has 2 unspecified atom stereocenters. The molecule has 1 aromatic rings. The number of carbonyl (C=O) groups is 1. The Bertz CT molecular complexity index is 743. The van der Waals surface area contributed by atoms with Gasteiger partial charge >= 0.3 is 0 Å². The van der Waals surface area contributed by atoms with Crippen LogP contribution in [0.25, 0.3) is 0 Å². The lowest BCUT2D eigenvalue weighted by atomic mass is 9.93. The van der Waals surface area contributed by atoms with Crippen LogP contribution < -0.4 is 4.74 Å². The van der Waals surface area contributed by atoms with Crippen molar-refractivity contribution in [3.05, 3.63) is 29.8 Å². The fourth-order valence-electron chi connectivity index (χ4n) is 3.93. The molecular formula is C21H30O10. The summed E-state index contributed by atoms with van der Waals surface area (Å²) in [5.74, 6) is -0.0436. The zero-order valence-corrected chi connectivity index (χ0v) is 17.2. The Morgan fingerprint density at radius 2 is 1.71 bits per heavy atom. The largest absolute Gasteiger partial charge is 0.485 e. The van der Waals surface area contributed by atoms with E-state index in [4.69, 9.17) is 14.2 Å². The number of aliphatic hydroxyl groups is 6. The molecule has 0 aromatic heterocycles. The molecule has 0 amide bonds. The van der Waals surface area contributed by atoms with Crippen LogP contribution in [0.1, 0.15) is 31.4 Å². The molecule has 2 heterocycles. The van der Waals surface area contributed by atoms with Gasteiger partial charge in [0.25, 0.3) is 0 Å². The first kappa shape index (κ1) is 24.0. The van der Waals surface area contributed by atoms with E-state index in [0.29, 0.717) is 11.3 Å². The number of Topliss-reactive ketones (excluding diaryl/α,β-unsaturated/α-hetero) is 1. The van der Waals surface area contributed by atoms with E-state index >= 15 is 0 Å². The maximum Gasteiger partial charge on any atom is 0.172 e. The molecule has 10 heteroatoms. The summed E-state index contributed by atoms with van der Waals surface area (Å²) in [5.41, 5.74) is 0.556. The topological polar surface area (TPSA) is 166 Å². The van der Waals surface area contributed by atoms with Gasteiger partial charge in [-0.05, 0) is 13.0 Å². The minimum Gasteiger partial charge on any atom is -0.485 e. The molecule has 2 aliphatic heterocycles. The summed E-state index contributed by atoms with van der Waals surface area (Å²) >= 11 is 0. The number of hydrogen-bond donors (Lipinski definition) is 6. The van der Waals surface area contributed by atoms with Gasteiger partial charge in [-0.15, -0.1) is 0 Å². The summed E-state index contributed by atoms with van der Waals surface area (Å²) in [6, 6.07) is 6.77. The van der Waals surface area contributed by atoms with Gasteiger partial charge in [-0.25, -0.2) is 0 Å². The minimum absolute atomic E-state index is 0.0895. The summed E-state index contributed by atoms with van der Waals surface area (Å²) in [4.78, 5) is 12.4. The molecule has 2 saturated heterocycles. The second-order valence-corrected chi connectivity index (χ2v) is 8.06. The van der Waals surface area contributed by atoms with Gasteiger partial charge in [0.2, 0.25) is 0 Å². The average molecular weight is 442 g/mol. The maximum absolute atomic E-state index is 12.4.